The van der Waals surface area contributed by atoms with E-state index in [1.807, 2.05) is 62.0 Å². The van der Waals surface area contributed by atoms with Crippen LogP contribution < -0.4 is 5.32 Å². The van der Waals surface area contributed by atoms with Crippen LogP contribution in [0, 0.1) is 6.92 Å². The zero-order valence-electron chi connectivity index (χ0n) is 18.3. The van der Waals surface area contributed by atoms with Gasteiger partial charge in [-0.15, -0.1) is 0 Å². The van der Waals surface area contributed by atoms with Crippen molar-refractivity contribution in [1.82, 2.24) is 15.3 Å². The lowest BCUT2D eigenvalue weighted by molar-refractivity contribution is -0.139. The molecule has 2 atom stereocenters. The second-order valence-corrected chi connectivity index (χ2v) is 9.30. The van der Waals surface area contributed by atoms with E-state index in [2.05, 4.69) is 15.3 Å². The Morgan fingerprint density at radius 1 is 1.16 bits per heavy atom. The number of hydrogen-bond acceptors (Lipinski definition) is 5. The summed E-state index contributed by atoms with van der Waals surface area (Å²) in [6.45, 7) is 2.00. The Morgan fingerprint density at radius 2 is 1.94 bits per heavy atom. The first kappa shape index (κ1) is 23.9. The topological polar surface area (TPSA) is 95.1 Å². The lowest BCUT2D eigenvalue weighted by Crippen LogP contribution is -2.41. The number of aliphatic carboxylic acids is 1. The van der Waals surface area contributed by atoms with Gasteiger partial charge in [0, 0.05) is 11.8 Å². The lowest BCUT2D eigenvalue weighted by atomic mass is 9.92. The van der Waals surface area contributed by atoms with Crippen LogP contribution in [0.15, 0.2) is 55.0 Å². The van der Waals surface area contributed by atoms with Gasteiger partial charge in [0.1, 0.15) is 6.04 Å². The van der Waals surface area contributed by atoms with Crippen LogP contribution >= 0.6 is 23.5 Å². The minimum atomic E-state index is -1.03. The van der Waals surface area contributed by atoms with Crippen LogP contribution in [0.4, 0.5) is 0 Å². The molecule has 2 unspecified atom stereocenters. The number of hydrogen-bond donors (Lipinski definition) is 3. The second kappa shape index (κ2) is 11.2. The van der Waals surface area contributed by atoms with Crippen LogP contribution in [-0.2, 0) is 4.79 Å². The van der Waals surface area contributed by atoms with E-state index in [0.29, 0.717) is 17.7 Å². The van der Waals surface area contributed by atoms with Gasteiger partial charge in [0.05, 0.1) is 17.3 Å². The highest BCUT2D eigenvalue weighted by molar-refractivity contribution is 7.99. The van der Waals surface area contributed by atoms with Crippen LogP contribution in [0.5, 0.6) is 0 Å². The molecule has 0 aliphatic heterocycles. The third-order valence-corrected chi connectivity index (χ3v) is 6.89. The van der Waals surface area contributed by atoms with Crippen molar-refractivity contribution >= 4 is 35.4 Å². The highest BCUT2D eigenvalue weighted by Crippen LogP contribution is 2.36. The number of thioether (sulfide) groups is 2. The second-order valence-electron chi connectivity index (χ2n) is 7.38. The Morgan fingerprint density at radius 3 is 2.56 bits per heavy atom. The number of aryl methyl sites for hydroxylation is 1. The van der Waals surface area contributed by atoms with Gasteiger partial charge in [-0.05, 0) is 66.0 Å². The molecular weight excluding hydrogens is 442 g/mol. The number of rotatable bonds is 10. The number of carbonyl (C=O) groups excluding carboxylic acids is 1. The summed E-state index contributed by atoms with van der Waals surface area (Å²) in [5.41, 5.74) is 5.15. The molecule has 0 spiro atoms. The molecule has 3 aromatic rings. The molecule has 8 heteroatoms. The number of aromatic nitrogens is 2. The van der Waals surface area contributed by atoms with E-state index in [1.54, 1.807) is 35.9 Å². The van der Waals surface area contributed by atoms with E-state index in [9.17, 15) is 14.7 Å². The molecule has 0 aliphatic rings. The monoisotopic (exact) mass is 469 g/mol. The first-order valence-corrected chi connectivity index (χ1v) is 12.9. The molecule has 0 aliphatic carbocycles. The van der Waals surface area contributed by atoms with Gasteiger partial charge in [0.15, 0.2) is 0 Å². The SMILES string of the molecule is CSCCC(NC(=O)c1ccc(C(SC)c2c[nH]cn2)cc1-c1ccccc1C)C(=O)O. The lowest BCUT2D eigenvalue weighted by Gasteiger charge is -2.19. The van der Waals surface area contributed by atoms with Crippen molar-refractivity contribution in [2.45, 2.75) is 24.6 Å². The van der Waals surface area contributed by atoms with Crippen LogP contribution in [-0.4, -0.2) is 51.3 Å². The predicted molar refractivity (Wildman–Crippen MR) is 132 cm³/mol. The van der Waals surface area contributed by atoms with Gasteiger partial charge in [0.2, 0.25) is 0 Å². The van der Waals surface area contributed by atoms with Gasteiger partial charge in [-0.1, -0.05) is 30.3 Å². The smallest absolute Gasteiger partial charge is 0.326 e. The first-order valence-electron chi connectivity index (χ1n) is 10.2. The summed E-state index contributed by atoms with van der Waals surface area (Å²) < 4.78 is 0. The summed E-state index contributed by atoms with van der Waals surface area (Å²) in [6.07, 6.45) is 7.84. The average molecular weight is 470 g/mol. The predicted octanol–water partition coefficient (Wildman–Crippen LogP) is 4.77. The molecule has 0 bridgehead atoms. The zero-order valence-corrected chi connectivity index (χ0v) is 19.9. The van der Waals surface area contributed by atoms with Gasteiger partial charge in [-0.3, -0.25) is 4.79 Å². The van der Waals surface area contributed by atoms with Gasteiger partial charge in [-0.2, -0.15) is 23.5 Å². The number of amides is 1. The summed E-state index contributed by atoms with van der Waals surface area (Å²) in [7, 11) is 0. The Balaban J connectivity index is 2.04. The summed E-state index contributed by atoms with van der Waals surface area (Å²) in [4.78, 5) is 32.3. The van der Waals surface area contributed by atoms with Gasteiger partial charge >= 0.3 is 5.97 Å². The number of benzene rings is 2. The molecule has 0 fully saturated rings. The fourth-order valence-electron chi connectivity index (χ4n) is 3.59. The maximum atomic E-state index is 13.2. The van der Waals surface area contributed by atoms with Gasteiger partial charge < -0.3 is 15.4 Å². The fraction of sp³-hybridized carbons (Fsp3) is 0.292. The number of carbonyl (C=O) groups is 2. The molecule has 168 valence electrons. The minimum Gasteiger partial charge on any atom is -0.480 e. The third kappa shape index (κ3) is 5.55. The molecule has 32 heavy (non-hydrogen) atoms. The molecule has 0 radical (unpaired) electrons. The molecule has 2 aromatic carbocycles. The highest BCUT2D eigenvalue weighted by Gasteiger charge is 2.24. The van der Waals surface area contributed by atoms with Crippen LogP contribution in [0.1, 0.15) is 38.8 Å². The summed E-state index contributed by atoms with van der Waals surface area (Å²) in [5, 5.41) is 12.3. The molecule has 0 saturated carbocycles. The van der Waals surface area contributed by atoms with Crippen molar-refractivity contribution < 1.29 is 14.7 Å². The Labute approximate surface area is 196 Å². The van der Waals surface area contributed by atoms with E-state index in [4.69, 9.17) is 0 Å². The Kier molecular flexibility index (Phi) is 8.41. The van der Waals surface area contributed by atoms with Crippen molar-refractivity contribution in [2.24, 2.45) is 0 Å². The van der Waals surface area contributed by atoms with Crippen molar-refractivity contribution in [1.29, 1.82) is 0 Å². The quantitative estimate of drug-likeness (QED) is 0.396. The van der Waals surface area contributed by atoms with E-state index in [1.165, 1.54) is 0 Å². The summed E-state index contributed by atoms with van der Waals surface area (Å²) >= 11 is 3.22. The zero-order chi connectivity index (χ0) is 23.1. The van der Waals surface area contributed by atoms with E-state index < -0.39 is 12.0 Å². The Hall–Kier alpha value is -2.71. The van der Waals surface area contributed by atoms with Crippen LogP contribution in [0.25, 0.3) is 11.1 Å². The van der Waals surface area contributed by atoms with Crippen LogP contribution in [0.2, 0.25) is 0 Å². The van der Waals surface area contributed by atoms with Crippen molar-refractivity contribution in [3.05, 3.63) is 77.4 Å². The normalized spacial score (nSPS) is 12.8. The van der Waals surface area contributed by atoms with Crippen molar-refractivity contribution in [2.75, 3.05) is 18.3 Å². The van der Waals surface area contributed by atoms with E-state index in [-0.39, 0.29) is 11.2 Å². The molecule has 0 saturated heterocycles. The maximum absolute atomic E-state index is 13.2. The first-order chi connectivity index (χ1) is 15.5. The molecule has 1 heterocycles. The molecule has 1 aromatic heterocycles. The molecule has 3 rings (SSSR count). The van der Waals surface area contributed by atoms with E-state index in [0.717, 1.165) is 27.9 Å². The van der Waals surface area contributed by atoms with Crippen molar-refractivity contribution in [3.8, 4) is 11.1 Å². The minimum absolute atomic E-state index is 0.00877. The number of H-pyrrole nitrogens is 1. The summed E-state index contributed by atoms with van der Waals surface area (Å²) in [5.74, 6) is -0.758. The number of aromatic amines is 1. The standard InChI is InChI=1S/C24H27N3O3S2/c1-15-6-4-5-7-17(15)19-12-16(22(32-3)21-13-25-14-26-21)8-9-18(19)23(28)27-20(24(29)30)10-11-31-2/h4-9,12-14,20,22H,10-11H2,1-3H3,(H,25,26)(H,27,28)(H,29,30). The largest absolute Gasteiger partial charge is 0.480 e. The number of nitrogens with one attached hydrogen (secondary N) is 2. The van der Waals surface area contributed by atoms with Gasteiger partial charge in [-0.25, -0.2) is 9.78 Å². The summed E-state index contributed by atoms with van der Waals surface area (Å²) in [6, 6.07) is 12.7. The average Bonchev–Trinajstić information content (AvgIpc) is 3.31. The number of carboxylic acids is 1. The highest BCUT2D eigenvalue weighted by atomic mass is 32.2. The number of nitrogens with zero attached hydrogens (tertiary/aromatic N) is 1. The molecule has 1 amide bonds. The third-order valence-electron chi connectivity index (χ3n) is 5.26. The Bertz CT molecular complexity index is 1070. The van der Waals surface area contributed by atoms with Gasteiger partial charge in [0.25, 0.3) is 5.91 Å². The maximum Gasteiger partial charge on any atom is 0.326 e. The molecule has 3 N–H and O–H groups in total. The molecular formula is C24H27N3O3S2. The molecule has 6 nitrogen and oxygen atoms in total. The fourth-order valence-corrected chi connectivity index (χ4v) is 4.85. The van der Waals surface area contributed by atoms with E-state index >= 15 is 0 Å². The number of imidazole rings is 1. The van der Waals surface area contributed by atoms with Crippen molar-refractivity contribution in [3.63, 3.8) is 0 Å². The number of carboxylic acid groups (broad SMARTS) is 1. The van der Waals surface area contributed by atoms with Crippen LogP contribution in [0.3, 0.4) is 0 Å².